The van der Waals surface area contributed by atoms with Crippen LogP contribution in [-0.4, -0.2) is 12.3 Å². The van der Waals surface area contributed by atoms with E-state index < -0.39 is 0 Å². The number of halogens is 1. The van der Waals surface area contributed by atoms with Crippen molar-refractivity contribution in [3.05, 3.63) is 28.8 Å². The fourth-order valence-electron chi connectivity index (χ4n) is 1.78. The predicted octanol–water partition coefficient (Wildman–Crippen LogP) is 5.15. The van der Waals surface area contributed by atoms with Crippen LogP contribution in [0.2, 0.25) is 5.02 Å². The molecule has 0 saturated heterocycles. The lowest BCUT2D eigenvalue weighted by Crippen LogP contribution is -2.17. The Balaban J connectivity index is 2.61. The van der Waals surface area contributed by atoms with Gasteiger partial charge >= 0.3 is 0 Å². The number of benzene rings is 1. The van der Waals surface area contributed by atoms with Gasteiger partial charge in [-0.3, -0.25) is 0 Å². The van der Waals surface area contributed by atoms with E-state index in [0.29, 0.717) is 6.04 Å². The topological polar surface area (TPSA) is 12.0 Å². The molecule has 0 fully saturated rings. The van der Waals surface area contributed by atoms with Crippen LogP contribution in [0.4, 0.5) is 0 Å². The zero-order valence-electron chi connectivity index (χ0n) is 11.8. The van der Waals surface area contributed by atoms with Gasteiger partial charge in [0.1, 0.15) is 0 Å². The minimum atomic E-state index is 0.317. The zero-order chi connectivity index (χ0) is 13.5. The molecule has 3 heteroatoms. The van der Waals surface area contributed by atoms with Crippen LogP contribution in [0, 0.1) is 5.92 Å². The first kappa shape index (κ1) is 15.9. The lowest BCUT2D eigenvalue weighted by Gasteiger charge is -2.15. The third-order valence-corrected chi connectivity index (χ3v) is 4.27. The summed E-state index contributed by atoms with van der Waals surface area (Å²) in [5, 5.41) is 4.26. The maximum absolute atomic E-state index is 6.35. The second-order valence-electron chi connectivity index (χ2n) is 4.99. The summed E-state index contributed by atoms with van der Waals surface area (Å²) < 4.78 is 0. The average molecular weight is 286 g/mol. The van der Waals surface area contributed by atoms with Gasteiger partial charge in [-0.2, -0.15) is 0 Å². The smallest absolute Gasteiger partial charge is 0.0464 e. The summed E-state index contributed by atoms with van der Waals surface area (Å²) in [7, 11) is 0. The molecule has 1 atom stereocenters. The summed E-state index contributed by atoms with van der Waals surface area (Å²) in [6.07, 6.45) is 1.25. The van der Waals surface area contributed by atoms with E-state index in [1.165, 1.54) is 16.9 Å². The van der Waals surface area contributed by atoms with Crippen molar-refractivity contribution in [2.45, 2.75) is 45.1 Å². The van der Waals surface area contributed by atoms with Gasteiger partial charge in [0.15, 0.2) is 0 Å². The summed E-state index contributed by atoms with van der Waals surface area (Å²) in [4.78, 5) is 1.27. The first-order valence-electron chi connectivity index (χ1n) is 6.70. The molecular formula is C15H24ClNS. The van der Waals surface area contributed by atoms with E-state index in [-0.39, 0.29) is 0 Å². The highest BCUT2D eigenvalue weighted by Gasteiger charge is 2.09. The van der Waals surface area contributed by atoms with Gasteiger partial charge in [-0.05, 0) is 49.3 Å². The van der Waals surface area contributed by atoms with Gasteiger partial charge in [0, 0.05) is 16.0 Å². The van der Waals surface area contributed by atoms with Gasteiger partial charge in [-0.15, -0.1) is 11.8 Å². The maximum Gasteiger partial charge on any atom is 0.0464 e. The second-order valence-corrected chi connectivity index (χ2v) is 6.57. The van der Waals surface area contributed by atoms with Crippen molar-refractivity contribution in [3.63, 3.8) is 0 Å². The largest absolute Gasteiger partial charge is 0.310 e. The number of hydrogen-bond donors (Lipinski definition) is 1. The Labute approximate surface area is 121 Å². The molecule has 0 spiro atoms. The minimum Gasteiger partial charge on any atom is -0.310 e. The molecule has 0 aliphatic rings. The molecule has 1 nitrogen and oxygen atoms in total. The van der Waals surface area contributed by atoms with Gasteiger partial charge in [0.2, 0.25) is 0 Å². The van der Waals surface area contributed by atoms with Gasteiger partial charge in [-0.25, -0.2) is 0 Å². The number of hydrogen-bond acceptors (Lipinski definition) is 2. The summed E-state index contributed by atoms with van der Waals surface area (Å²) >= 11 is 8.24. The molecular weight excluding hydrogens is 262 g/mol. The van der Waals surface area contributed by atoms with Crippen LogP contribution >= 0.6 is 23.4 Å². The molecule has 0 aromatic heterocycles. The summed E-state index contributed by atoms with van der Waals surface area (Å²) in [5.41, 5.74) is 1.19. The molecule has 1 aromatic rings. The van der Waals surface area contributed by atoms with Crippen LogP contribution in [0.3, 0.4) is 0 Å². The minimum absolute atomic E-state index is 0.317. The van der Waals surface area contributed by atoms with Gasteiger partial charge < -0.3 is 5.32 Å². The number of thioether (sulfide) groups is 1. The first-order chi connectivity index (χ1) is 8.54. The van der Waals surface area contributed by atoms with E-state index >= 15 is 0 Å². The molecule has 1 N–H and O–H groups in total. The van der Waals surface area contributed by atoms with Crippen LogP contribution in [0.15, 0.2) is 23.1 Å². The fourth-order valence-corrected chi connectivity index (χ4v) is 3.38. The average Bonchev–Trinajstić information content (AvgIpc) is 2.28. The molecule has 0 bridgehead atoms. The highest BCUT2D eigenvalue weighted by molar-refractivity contribution is 7.99. The van der Waals surface area contributed by atoms with E-state index in [1.807, 2.05) is 11.8 Å². The Kier molecular flexibility index (Phi) is 7.13. The van der Waals surface area contributed by atoms with Crippen molar-refractivity contribution in [2.75, 3.05) is 12.3 Å². The normalized spacial score (nSPS) is 13.0. The molecule has 0 heterocycles. The van der Waals surface area contributed by atoms with Crippen LogP contribution < -0.4 is 5.32 Å². The third-order valence-electron chi connectivity index (χ3n) is 2.91. The molecule has 0 aliphatic carbocycles. The molecule has 0 aliphatic heterocycles. The third kappa shape index (κ3) is 5.21. The van der Waals surface area contributed by atoms with Crippen molar-refractivity contribution < 1.29 is 0 Å². The Morgan fingerprint density at radius 1 is 1.28 bits per heavy atom. The Morgan fingerprint density at radius 2 is 2.00 bits per heavy atom. The SMILES string of the molecule is CCNC(C)c1ccc(SCCC(C)C)cc1Cl. The molecule has 102 valence electrons. The number of nitrogens with one attached hydrogen (secondary N) is 1. The summed E-state index contributed by atoms with van der Waals surface area (Å²) in [6, 6.07) is 6.74. The van der Waals surface area contributed by atoms with Crippen molar-refractivity contribution in [1.29, 1.82) is 0 Å². The fraction of sp³-hybridized carbons (Fsp3) is 0.600. The van der Waals surface area contributed by atoms with Crippen LogP contribution in [0.5, 0.6) is 0 Å². The van der Waals surface area contributed by atoms with E-state index in [1.54, 1.807) is 0 Å². The van der Waals surface area contributed by atoms with E-state index in [9.17, 15) is 0 Å². The molecule has 18 heavy (non-hydrogen) atoms. The molecule has 1 unspecified atom stereocenters. The maximum atomic E-state index is 6.35. The van der Waals surface area contributed by atoms with Gasteiger partial charge in [0.25, 0.3) is 0 Å². The Hall–Kier alpha value is -0.180. The predicted molar refractivity (Wildman–Crippen MR) is 83.7 cm³/mol. The van der Waals surface area contributed by atoms with Crippen molar-refractivity contribution in [2.24, 2.45) is 5.92 Å². The van der Waals surface area contributed by atoms with Crippen molar-refractivity contribution in [1.82, 2.24) is 5.32 Å². The van der Waals surface area contributed by atoms with Gasteiger partial charge in [0.05, 0.1) is 0 Å². The highest BCUT2D eigenvalue weighted by atomic mass is 35.5. The Morgan fingerprint density at radius 3 is 2.56 bits per heavy atom. The molecule has 1 aromatic carbocycles. The van der Waals surface area contributed by atoms with Crippen LogP contribution in [0.1, 0.15) is 45.7 Å². The summed E-state index contributed by atoms with van der Waals surface area (Å²) in [6.45, 7) is 9.74. The Bertz CT molecular complexity index is 366. The molecule has 1 rings (SSSR count). The van der Waals surface area contributed by atoms with E-state index in [0.717, 1.165) is 23.2 Å². The first-order valence-corrected chi connectivity index (χ1v) is 8.06. The molecule has 0 radical (unpaired) electrons. The number of rotatable bonds is 7. The summed E-state index contributed by atoms with van der Waals surface area (Å²) in [5.74, 6) is 1.93. The zero-order valence-corrected chi connectivity index (χ0v) is 13.4. The highest BCUT2D eigenvalue weighted by Crippen LogP contribution is 2.29. The van der Waals surface area contributed by atoms with Crippen LogP contribution in [-0.2, 0) is 0 Å². The van der Waals surface area contributed by atoms with E-state index in [2.05, 4.69) is 51.2 Å². The van der Waals surface area contributed by atoms with Gasteiger partial charge in [-0.1, -0.05) is 38.4 Å². The monoisotopic (exact) mass is 285 g/mol. The standard InChI is InChI=1S/C15H24ClNS/c1-5-17-12(4)14-7-6-13(10-15(14)16)18-9-8-11(2)3/h6-7,10-12,17H,5,8-9H2,1-4H3. The molecule has 0 saturated carbocycles. The molecule has 0 amide bonds. The second kappa shape index (κ2) is 8.08. The lowest BCUT2D eigenvalue weighted by atomic mass is 10.1. The van der Waals surface area contributed by atoms with E-state index in [4.69, 9.17) is 11.6 Å². The quantitative estimate of drug-likeness (QED) is 0.696. The van der Waals surface area contributed by atoms with Crippen molar-refractivity contribution in [3.8, 4) is 0 Å². The van der Waals surface area contributed by atoms with Crippen molar-refractivity contribution >= 4 is 23.4 Å². The van der Waals surface area contributed by atoms with Crippen LogP contribution in [0.25, 0.3) is 0 Å². The lowest BCUT2D eigenvalue weighted by molar-refractivity contribution is 0.598.